The zero-order valence-electron chi connectivity index (χ0n) is 10.6. The summed E-state index contributed by atoms with van der Waals surface area (Å²) < 4.78 is 5.91. The van der Waals surface area contributed by atoms with E-state index in [1.165, 1.54) is 11.3 Å². The molecule has 4 nitrogen and oxygen atoms in total. The molecule has 1 aromatic rings. The van der Waals surface area contributed by atoms with Gasteiger partial charge >= 0.3 is 0 Å². The largest absolute Gasteiger partial charge is 0.381 e. The van der Waals surface area contributed by atoms with E-state index in [4.69, 9.17) is 21.6 Å². The second-order valence-corrected chi connectivity index (χ2v) is 6.35. The lowest BCUT2D eigenvalue weighted by Gasteiger charge is -2.19. The molecule has 3 unspecified atom stereocenters. The molecule has 1 saturated heterocycles. The number of nitrogens with zero attached hydrogens (tertiary/aromatic N) is 1. The van der Waals surface area contributed by atoms with Gasteiger partial charge in [0.1, 0.15) is 6.04 Å². The summed E-state index contributed by atoms with van der Waals surface area (Å²) in [5.74, 6) is -0.347. The van der Waals surface area contributed by atoms with Gasteiger partial charge in [0.2, 0.25) is 5.91 Å². The molecule has 2 rings (SSSR count). The van der Waals surface area contributed by atoms with Crippen molar-refractivity contribution in [1.82, 2.24) is 5.32 Å². The lowest BCUT2D eigenvalue weighted by Crippen LogP contribution is -2.41. The standard InChI is InChI=1S/C13H15ClN2O2S/c1-8(11-2-3-12(14)19-11)13(17)16-10(6-15)9-4-5-18-7-9/h2-3,8-10H,4-5,7H2,1H3,(H,16,17). The van der Waals surface area contributed by atoms with Crippen molar-refractivity contribution < 1.29 is 9.53 Å². The number of nitrogens with one attached hydrogen (secondary N) is 1. The Kier molecular flexibility index (Phi) is 4.81. The van der Waals surface area contributed by atoms with Crippen LogP contribution in [0.5, 0.6) is 0 Å². The fourth-order valence-corrected chi connectivity index (χ4v) is 3.15. The minimum Gasteiger partial charge on any atom is -0.381 e. The van der Waals surface area contributed by atoms with Crippen molar-refractivity contribution in [2.75, 3.05) is 13.2 Å². The van der Waals surface area contributed by atoms with Crippen LogP contribution in [0.4, 0.5) is 0 Å². The fourth-order valence-electron chi connectivity index (χ4n) is 2.04. The quantitative estimate of drug-likeness (QED) is 0.929. The molecule has 0 aliphatic carbocycles. The third-order valence-corrected chi connectivity index (χ3v) is 4.70. The molecule has 19 heavy (non-hydrogen) atoms. The fraction of sp³-hybridized carbons (Fsp3) is 0.538. The van der Waals surface area contributed by atoms with Gasteiger partial charge in [-0.25, -0.2) is 0 Å². The number of carbonyl (C=O) groups is 1. The molecule has 0 aromatic carbocycles. The molecule has 1 aromatic heterocycles. The van der Waals surface area contributed by atoms with Crippen LogP contribution in [0.2, 0.25) is 4.34 Å². The van der Waals surface area contributed by atoms with E-state index in [0.29, 0.717) is 17.6 Å². The van der Waals surface area contributed by atoms with Crippen LogP contribution >= 0.6 is 22.9 Å². The molecule has 0 spiro atoms. The molecular weight excluding hydrogens is 284 g/mol. The number of carbonyl (C=O) groups excluding carboxylic acids is 1. The Labute approximate surface area is 121 Å². The number of thiophene rings is 1. The Hall–Kier alpha value is -1.09. The zero-order chi connectivity index (χ0) is 13.8. The van der Waals surface area contributed by atoms with E-state index in [1.807, 2.05) is 13.0 Å². The maximum atomic E-state index is 12.1. The van der Waals surface area contributed by atoms with Crippen LogP contribution in [0.15, 0.2) is 12.1 Å². The number of ether oxygens (including phenoxy) is 1. The highest BCUT2D eigenvalue weighted by molar-refractivity contribution is 7.16. The van der Waals surface area contributed by atoms with E-state index in [9.17, 15) is 4.79 Å². The maximum Gasteiger partial charge on any atom is 0.229 e. The van der Waals surface area contributed by atoms with Gasteiger partial charge in [-0.05, 0) is 25.5 Å². The molecule has 1 aliphatic heterocycles. The van der Waals surface area contributed by atoms with Crippen molar-refractivity contribution in [2.45, 2.75) is 25.3 Å². The third-order valence-electron chi connectivity index (χ3n) is 3.29. The van der Waals surface area contributed by atoms with Crippen molar-refractivity contribution in [2.24, 2.45) is 5.92 Å². The highest BCUT2D eigenvalue weighted by Crippen LogP contribution is 2.28. The number of hydrogen-bond acceptors (Lipinski definition) is 4. The summed E-state index contributed by atoms with van der Waals surface area (Å²) in [6.07, 6.45) is 0.817. The Morgan fingerprint density at radius 3 is 3.00 bits per heavy atom. The van der Waals surface area contributed by atoms with Crippen molar-refractivity contribution in [3.8, 4) is 6.07 Å². The van der Waals surface area contributed by atoms with E-state index in [2.05, 4.69) is 11.4 Å². The smallest absolute Gasteiger partial charge is 0.229 e. The topological polar surface area (TPSA) is 62.1 Å². The molecule has 1 amide bonds. The van der Waals surface area contributed by atoms with Crippen molar-refractivity contribution >= 4 is 28.8 Å². The van der Waals surface area contributed by atoms with Crippen LogP contribution in [0.25, 0.3) is 0 Å². The number of rotatable bonds is 4. The maximum absolute atomic E-state index is 12.1. The van der Waals surface area contributed by atoms with Crippen LogP contribution in [0.1, 0.15) is 24.1 Å². The monoisotopic (exact) mass is 298 g/mol. The molecule has 1 aliphatic rings. The predicted octanol–water partition coefficient (Wildman–Crippen LogP) is 2.55. The van der Waals surface area contributed by atoms with Gasteiger partial charge in [0.15, 0.2) is 0 Å². The van der Waals surface area contributed by atoms with Crippen LogP contribution in [0, 0.1) is 17.2 Å². The molecule has 3 atom stereocenters. The lowest BCUT2D eigenvalue weighted by molar-refractivity contribution is -0.122. The SMILES string of the molecule is CC(C(=O)NC(C#N)C1CCOC1)c1ccc(Cl)s1. The van der Waals surface area contributed by atoms with E-state index in [-0.39, 0.29) is 17.7 Å². The van der Waals surface area contributed by atoms with Crippen LogP contribution in [-0.4, -0.2) is 25.2 Å². The molecule has 102 valence electrons. The van der Waals surface area contributed by atoms with Gasteiger partial charge in [-0.15, -0.1) is 11.3 Å². The molecule has 1 fully saturated rings. The van der Waals surface area contributed by atoms with Gasteiger partial charge in [-0.1, -0.05) is 11.6 Å². The van der Waals surface area contributed by atoms with Gasteiger partial charge in [0.25, 0.3) is 0 Å². The normalized spacial score (nSPS) is 21.6. The molecule has 2 heterocycles. The molecule has 0 saturated carbocycles. The number of nitriles is 1. The average Bonchev–Trinajstić information content (AvgIpc) is 3.05. The van der Waals surface area contributed by atoms with Crippen molar-refractivity contribution in [1.29, 1.82) is 5.26 Å². The van der Waals surface area contributed by atoms with E-state index < -0.39 is 6.04 Å². The predicted molar refractivity (Wildman–Crippen MR) is 74.2 cm³/mol. The minimum absolute atomic E-state index is 0.0908. The Morgan fingerprint density at radius 1 is 1.68 bits per heavy atom. The second-order valence-electron chi connectivity index (χ2n) is 4.60. The van der Waals surface area contributed by atoms with E-state index >= 15 is 0 Å². The van der Waals surface area contributed by atoms with Crippen molar-refractivity contribution in [3.05, 3.63) is 21.3 Å². The van der Waals surface area contributed by atoms with Gasteiger partial charge in [0, 0.05) is 17.4 Å². The second kappa shape index (κ2) is 6.38. The molecule has 0 bridgehead atoms. The van der Waals surface area contributed by atoms with Gasteiger partial charge in [-0.2, -0.15) is 5.26 Å². The Bertz CT molecular complexity index is 491. The first-order chi connectivity index (χ1) is 9.11. The number of hydrogen-bond donors (Lipinski definition) is 1. The number of amides is 1. The van der Waals surface area contributed by atoms with E-state index in [0.717, 1.165) is 11.3 Å². The molecule has 6 heteroatoms. The lowest BCUT2D eigenvalue weighted by atomic mass is 9.99. The average molecular weight is 299 g/mol. The molecular formula is C13H15ClN2O2S. The summed E-state index contributed by atoms with van der Waals surface area (Å²) in [4.78, 5) is 13.0. The molecule has 1 N–H and O–H groups in total. The first-order valence-corrected chi connectivity index (χ1v) is 7.34. The third kappa shape index (κ3) is 3.47. The summed E-state index contributed by atoms with van der Waals surface area (Å²) in [6, 6.07) is 5.29. The summed E-state index contributed by atoms with van der Waals surface area (Å²) >= 11 is 7.25. The first-order valence-electron chi connectivity index (χ1n) is 6.14. The highest BCUT2D eigenvalue weighted by atomic mass is 35.5. The zero-order valence-corrected chi connectivity index (χ0v) is 12.1. The van der Waals surface area contributed by atoms with Crippen LogP contribution in [0.3, 0.4) is 0 Å². The van der Waals surface area contributed by atoms with Gasteiger partial charge in [0.05, 0.1) is 22.9 Å². The first kappa shape index (κ1) is 14.3. The van der Waals surface area contributed by atoms with Gasteiger partial charge < -0.3 is 10.1 Å². The summed E-state index contributed by atoms with van der Waals surface area (Å²) in [6.45, 7) is 3.02. The van der Waals surface area contributed by atoms with Crippen molar-refractivity contribution in [3.63, 3.8) is 0 Å². The summed E-state index contributed by atoms with van der Waals surface area (Å²) in [5.41, 5.74) is 0. The minimum atomic E-state index is -0.479. The van der Waals surface area contributed by atoms with E-state index in [1.54, 1.807) is 6.07 Å². The Morgan fingerprint density at radius 2 is 2.47 bits per heavy atom. The van der Waals surface area contributed by atoms with Crippen LogP contribution < -0.4 is 5.32 Å². The summed E-state index contributed by atoms with van der Waals surface area (Å²) in [5, 5.41) is 12.0. The molecule has 0 radical (unpaired) electrons. The highest BCUT2D eigenvalue weighted by Gasteiger charge is 2.28. The van der Waals surface area contributed by atoms with Crippen LogP contribution in [-0.2, 0) is 9.53 Å². The number of halogens is 1. The summed E-state index contributed by atoms with van der Waals surface area (Å²) in [7, 11) is 0. The Balaban J connectivity index is 1.97. The van der Waals surface area contributed by atoms with Gasteiger partial charge in [-0.3, -0.25) is 4.79 Å².